The van der Waals surface area contributed by atoms with E-state index in [0.29, 0.717) is 0 Å². The van der Waals surface area contributed by atoms with Crippen molar-refractivity contribution in [2.75, 3.05) is 0 Å². The van der Waals surface area contributed by atoms with Crippen LogP contribution in [0.15, 0.2) is 35.7 Å². The Balaban J connectivity index is 2.28. The van der Waals surface area contributed by atoms with E-state index in [9.17, 15) is 0 Å². The van der Waals surface area contributed by atoms with E-state index >= 15 is 0 Å². The molecule has 0 radical (unpaired) electrons. The third-order valence-electron chi connectivity index (χ3n) is 3.32. The SMILES string of the molecule is Cc1ccsc1C(N)c1ccc(C(C)(C)C)cc1. The maximum absolute atomic E-state index is 6.33. The normalized spacial score (nSPS) is 13.6. The lowest BCUT2D eigenvalue weighted by Gasteiger charge is -2.20. The zero-order valence-corrected chi connectivity index (χ0v) is 12.3. The molecule has 1 heterocycles. The van der Waals surface area contributed by atoms with Crippen LogP contribution in [0.1, 0.15) is 48.4 Å². The van der Waals surface area contributed by atoms with Gasteiger partial charge in [-0.25, -0.2) is 0 Å². The monoisotopic (exact) mass is 259 g/mol. The number of thiophene rings is 1. The lowest BCUT2D eigenvalue weighted by molar-refractivity contribution is 0.590. The summed E-state index contributed by atoms with van der Waals surface area (Å²) in [6, 6.07) is 10.8. The van der Waals surface area contributed by atoms with Gasteiger partial charge in [0.1, 0.15) is 0 Å². The molecule has 2 N–H and O–H groups in total. The molecular formula is C16H21NS. The van der Waals surface area contributed by atoms with E-state index in [1.54, 1.807) is 11.3 Å². The van der Waals surface area contributed by atoms with E-state index in [1.165, 1.54) is 21.6 Å². The van der Waals surface area contributed by atoms with E-state index in [4.69, 9.17) is 5.73 Å². The van der Waals surface area contributed by atoms with Crippen molar-refractivity contribution in [1.29, 1.82) is 0 Å². The highest BCUT2D eigenvalue weighted by atomic mass is 32.1. The van der Waals surface area contributed by atoms with Crippen molar-refractivity contribution in [3.8, 4) is 0 Å². The first kappa shape index (κ1) is 13.3. The lowest BCUT2D eigenvalue weighted by Crippen LogP contribution is -2.14. The van der Waals surface area contributed by atoms with Crippen LogP contribution in [0.5, 0.6) is 0 Å². The molecule has 1 aromatic heterocycles. The number of hydrogen-bond donors (Lipinski definition) is 1. The highest BCUT2D eigenvalue weighted by Gasteiger charge is 2.16. The molecule has 0 amide bonds. The molecule has 1 unspecified atom stereocenters. The van der Waals surface area contributed by atoms with Crippen LogP contribution in [-0.4, -0.2) is 0 Å². The number of aryl methyl sites for hydroxylation is 1. The van der Waals surface area contributed by atoms with Crippen LogP contribution in [0.2, 0.25) is 0 Å². The Morgan fingerprint density at radius 2 is 1.67 bits per heavy atom. The predicted molar refractivity (Wildman–Crippen MR) is 80.2 cm³/mol. The zero-order valence-electron chi connectivity index (χ0n) is 11.5. The average molecular weight is 259 g/mol. The molecule has 2 aromatic rings. The molecule has 0 aliphatic rings. The Hall–Kier alpha value is -1.12. The van der Waals surface area contributed by atoms with Crippen molar-refractivity contribution in [2.45, 2.75) is 39.2 Å². The Kier molecular flexibility index (Phi) is 3.60. The van der Waals surface area contributed by atoms with Gasteiger partial charge in [0.15, 0.2) is 0 Å². The minimum Gasteiger partial charge on any atom is -0.320 e. The molecule has 18 heavy (non-hydrogen) atoms. The molecule has 0 spiro atoms. The fourth-order valence-corrected chi connectivity index (χ4v) is 3.00. The summed E-state index contributed by atoms with van der Waals surface area (Å²) in [6.07, 6.45) is 0. The van der Waals surface area contributed by atoms with Crippen LogP contribution in [0, 0.1) is 6.92 Å². The molecule has 2 heteroatoms. The van der Waals surface area contributed by atoms with Gasteiger partial charge in [0.2, 0.25) is 0 Å². The second-order valence-electron chi connectivity index (χ2n) is 5.82. The Labute approximate surface area is 114 Å². The molecule has 0 fully saturated rings. The summed E-state index contributed by atoms with van der Waals surface area (Å²) < 4.78 is 0. The van der Waals surface area contributed by atoms with E-state index < -0.39 is 0 Å². The summed E-state index contributed by atoms with van der Waals surface area (Å²) >= 11 is 1.74. The first-order valence-electron chi connectivity index (χ1n) is 6.29. The average Bonchev–Trinajstić information content (AvgIpc) is 2.73. The predicted octanol–water partition coefficient (Wildman–Crippen LogP) is 4.40. The van der Waals surface area contributed by atoms with Crippen molar-refractivity contribution in [3.63, 3.8) is 0 Å². The Bertz CT molecular complexity index is 517. The quantitative estimate of drug-likeness (QED) is 0.850. The van der Waals surface area contributed by atoms with Crippen molar-refractivity contribution in [2.24, 2.45) is 5.73 Å². The van der Waals surface area contributed by atoms with E-state index in [2.05, 4.69) is 63.4 Å². The molecule has 1 aromatic carbocycles. The van der Waals surface area contributed by atoms with Crippen molar-refractivity contribution in [1.82, 2.24) is 0 Å². The molecular weight excluding hydrogens is 238 g/mol. The molecule has 1 atom stereocenters. The number of nitrogens with two attached hydrogens (primary N) is 1. The molecule has 0 bridgehead atoms. The minimum absolute atomic E-state index is 0.000909. The van der Waals surface area contributed by atoms with E-state index in [1.807, 2.05) is 0 Å². The number of rotatable bonds is 2. The number of hydrogen-bond acceptors (Lipinski definition) is 2. The van der Waals surface area contributed by atoms with Crippen LogP contribution in [-0.2, 0) is 5.41 Å². The summed E-state index contributed by atoms with van der Waals surface area (Å²) in [5.74, 6) is 0. The van der Waals surface area contributed by atoms with Gasteiger partial charge in [-0.15, -0.1) is 11.3 Å². The topological polar surface area (TPSA) is 26.0 Å². The summed E-state index contributed by atoms with van der Waals surface area (Å²) in [7, 11) is 0. The van der Waals surface area contributed by atoms with Gasteiger partial charge in [-0.3, -0.25) is 0 Å². The lowest BCUT2D eigenvalue weighted by atomic mass is 9.86. The van der Waals surface area contributed by atoms with Crippen LogP contribution >= 0.6 is 11.3 Å². The van der Waals surface area contributed by atoms with Crippen LogP contribution in [0.3, 0.4) is 0 Å². The van der Waals surface area contributed by atoms with E-state index in [0.717, 1.165) is 0 Å². The minimum atomic E-state index is -0.000909. The van der Waals surface area contributed by atoms with E-state index in [-0.39, 0.29) is 11.5 Å². The summed E-state index contributed by atoms with van der Waals surface area (Å²) in [5, 5.41) is 2.11. The molecule has 0 aliphatic carbocycles. The zero-order chi connectivity index (χ0) is 13.3. The van der Waals surface area contributed by atoms with Gasteiger partial charge in [-0.1, -0.05) is 45.0 Å². The summed E-state index contributed by atoms with van der Waals surface area (Å²) in [4.78, 5) is 1.26. The van der Waals surface area contributed by atoms with Gasteiger partial charge < -0.3 is 5.73 Å². The van der Waals surface area contributed by atoms with Crippen LogP contribution in [0.4, 0.5) is 0 Å². The van der Waals surface area contributed by atoms with Gasteiger partial charge in [0, 0.05) is 4.88 Å². The fraction of sp³-hybridized carbons (Fsp3) is 0.375. The standard InChI is InChI=1S/C16H21NS/c1-11-9-10-18-15(11)14(17)12-5-7-13(8-6-12)16(2,3)4/h5-10,14H,17H2,1-4H3. The maximum Gasteiger partial charge on any atom is 0.0648 e. The first-order valence-corrected chi connectivity index (χ1v) is 7.17. The summed E-state index contributed by atoms with van der Waals surface area (Å²) in [6.45, 7) is 8.80. The third kappa shape index (κ3) is 2.65. The van der Waals surface area contributed by atoms with Gasteiger partial charge in [0.05, 0.1) is 6.04 Å². The first-order chi connectivity index (χ1) is 8.39. The smallest absolute Gasteiger partial charge is 0.0648 e. The van der Waals surface area contributed by atoms with Crippen molar-refractivity contribution < 1.29 is 0 Å². The maximum atomic E-state index is 6.33. The molecule has 0 saturated carbocycles. The highest BCUT2D eigenvalue weighted by molar-refractivity contribution is 7.10. The Morgan fingerprint density at radius 1 is 1.06 bits per heavy atom. The largest absolute Gasteiger partial charge is 0.320 e. The van der Waals surface area contributed by atoms with Gasteiger partial charge in [-0.2, -0.15) is 0 Å². The van der Waals surface area contributed by atoms with Crippen LogP contribution < -0.4 is 5.73 Å². The van der Waals surface area contributed by atoms with Gasteiger partial charge >= 0.3 is 0 Å². The van der Waals surface area contributed by atoms with Crippen molar-refractivity contribution in [3.05, 3.63) is 57.3 Å². The third-order valence-corrected chi connectivity index (χ3v) is 4.42. The highest BCUT2D eigenvalue weighted by Crippen LogP contribution is 2.29. The van der Waals surface area contributed by atoms with Gasteiger partial charge in [0.25, 0.3) is 0 Å². The molecule has 2 rings (SSSR count). The van der Waals surface area contributed by atoms with Crippen LogP contribution in [0.25, 0.3) is 0 Å². The van der Waals surface area contributed by atoms with Gasteiger partial charge in [-0.05, 0) is 40.5 Å². The Morgan fingerprint density at radius 3 is 2.11 bits per heavy atom. The number of benzene rings is 1. The van der Waals surface area contributed by atoms with Crippen molar-refractivity contribution >= 4 is 11.3 Å². The molecule has 96 valence electrons. The summed E-state index contributed by atoms with van der Waals surface area (Å²) in [5.41, 5.74) is 10.3. The molecule has 0 aliphatic heterocycles. The molecule has 1 nitrogen and oxygen atoms in total. The fourth-order valence-electron chi connectivity index (χ4n) is 2.04. The molecule has 0 saturated heterocycles. The second-order valence-corrected chi connectivity index (χ2v) is 6.77. The second kappa shape index (κ2) is 4.87.